The van der Waals surface area contributed by atoms with Crippen LogP contribution in [0.15, 0.2) is 30.3 Å². The molecule has 1 aliphatic heterocycles. The first-order chi connectivity index (χ1) is 10.1. The van der Waals surface area contributed by atoms with Crippen LogP contribution in [0, 0.1) is 5.92 Å². The molecule has 0 bridgehead atoms. The van der Waals surface area contributed by atoms with E-state index in [1.54, 1.807) is 0 Å². The number of carbonyl (C=O) groups excluding carboxylic acids is 1. The average Bonchev–Trinajstić information content (AvgIpc) is 2.71. The fraction of sp³-hybridized carbons (Fsp3) is 0.588. The molecule has 1 aromatic carbocycles. The highest BCUT2D eigenvalue weighted by Gasteiger charge is 2.22. The molecule has 1 fully saturated rings. The van der Waals surface area contributed by atoms with E-state index in [9.17, 15) is 4.79 Å². The second kappa shape index (κ2) is 8.03. The van der Waals surface area contributed by atoms with E-state index in [2.05, 4.69) is 19.2 Å². The maximum atomic E-state index is 12.3. The zero-order valence-electron chi connectivity index (χ0n) is 13.0. The van der Waals surface area contributed by atoms with E-state index in [0.717, 1.165) is 38.2 Å². The van der Waals surface area contributed by atoms with E-state index in [1.165, 1.54) is 0 Å². The van der Waals surface area contributed by atoms with Gasteiger partial charge in [0.2, 0.25) is 0 Å². The van der Waals surface area contributed by atoms with Crippen molar-refractivity contribution in [2.24, 2.45) is 5.92 Å². The molecule has 1 saturated heterocycles. The Morgan fingerprint density at radius 3 is 2.86 bits per heavy atom. The summed E-state index contributed by atoms with van der Waals surface area (Å²) in [7, 11) is 0. The molecule has 0 spiro atoms. The van der Waals surface area contributed by atoms with Crippen molar-refractivity contribution in [3.63, 3.8) is 0 Å². The van der Waals surface area contributed by atoms with Crippen molar-refractivity contribution in [3.8, 4) is 5.75 Å². The average molecular weight is 290 g/mol. The Labute approximate surface area is 127 Å². The molecule has 1 heterocycles. The van der Waals surface area contributed by atoms with Crippen molar-refractivity contribution in [1.29, 1.82) is 0 Å². The van der Waals surface area contributed by atoms with Gasteiger partial charge in [-0.25, -0.2) is 0 Å². The largest absolute Gasteiger partial charge is 0.484 e. The van der Waals surface area contributed by atoms with Gasteiger partial charge in [-0.3, -0.25) is 4.79 Å². The summed E-state index contributed by atoms with van der Waals surface area (Å²) in [6.07, 6.45) is 2.11. The van der Waals surface area contributed by atoms with Crippen molar-refractivity contribution in [2.75, 3.05) is 26.2 Å². The molecule has 1 aromatic rings. The topological polar surface area (TPSA) is 41.6 Å². The predicted octanol–water partition coefficient (Wildman–Crippen LogP) is 2.30. The molecule has 0 radical (unpaired) electrons. The Morgan fingerprint density at radius 1 is 1.38 bits per heavy atom. The quantitative estimate of drug-likeness (QED) is 0.905. The second-order valence-electron chi connectivity index (χ2n) is 6.08. The van der Waals surface area contributed by atoms with Gasteiger partial charge in [0.1, 0.15) is 5.75 Å². The number of ether oxygens (including phenoxy) is 1. The van der Waals surface area contributed by atoms with Crippen LogP contribution >= 0.6 is 0 Å². The highest BCUT2D eigenvalue weighted by atomic mass is 16.5. The van der Waals surface area contributed by atoms with Crippen molar-refractivity contribution in [3.05, 3.63) is 30.3 Å². The fourth-order valence-corrected chi connectivity index (χ4v) is 2.70. The number of hydrogen-bond acceptors (Lipinski definition) is 3. The third kappa shape index (κ3) is 5.38. The van der Waals surface area contributed by atoms with Crippen molar-refractivity contribution >= 4 is 5.91 Å². The van der Waals surface area contributed by atoms with Crippen LogP contribution in [0.3, 0.4) is 0 Å². The highest BCUT2D eigenvalue weighted by Crippen LogP contribution is 2.12. The Bertz CT molecular complexity index is 434. The smallest absolute Gasteiger partial charge is 0.260 e. The number of amides is 1. The summed E-state index contributed by atoms with van der Waals surface area (Å²) in [6.45, 7) is 7.15. The summed E-state index contributed by atoms with van der Waals surface area (Å²) in [5.74, 6) is 1.46. The van der Waals surface area contributed by atoms with Gasteiger partial charge in [-0.05, 0) is 37.4 Å². The molecule has 0 aliphatic carbocycles. The van der Waals surface area contributed by atoms with Crippen LogP contribution in [-0.2, 0) is 4.79 Å². The first kappa shape index (κ1) is 15.8. The van der Waals surface area contributed by atoms with Gasteiger partial charge in [-0.1, -0.05) is 32.0 Å². The molecular formula is C17H26N2O2. The van der Waals surface area contributed by atoms with Crippen LogP contribution in [0.25, 0.3) is 0 Å². The van der Waals surface area contributed by atoms with E-state index >= 15 is 0 Å². The van der Waals surface area contributed by atoms with Crippen LogP contribution in [0.4, 0.5) is 0 Å². The van der Waals surface area contributed by atoms with Gasteiger partial charge >= 0.3 is 0 Å². The lowest BCUT2D eigenvalue weighted by Gasteiger charge is -2.25. The van der Waals surface area contributed by atoms with E-state index in [0.29, 0.717) is 12.0 Å². The van der Waals surface area contributed by atoms with Gasteiger partial charge in [0.25, 0.3) is 5.91 Å². The number of benzene rings is 1. The number of nitrogens with zero attached hydrogens (tertiary/aromatic N) is 1. The van der Waals surface area contributed by atoms with Gasteiger partial charge in [-0.2, -0.15) is 0 Å². The normalized spacial score (nSPS) is 19.4. The maximum Gasteiger partial charge on any atom is 0.260 e. The molecule has 4 heteroatoms. The zero-order valence-corrected chi connectivity index (χ0v) is 13.0. The molecule has 1 atom stereocenters. The minimum atomic E-state index is 0.0799. The van der Waals surface area contributed by atoms with Crippen molar-refractivity contribution in [1.82, 2.24) is 10.2 Å². The third-order valence-corrected chi connectivity index (χ3v) is 3.69. The molecule has 1 N–H and O–H groups in total. The van der Waals surface area contributed by atoms with E-state index in [1.807, 2.05) is 35.2 Å². The molecule has 1 amide bonds. The van der Waals surface area contributed by atoms with Crippen molar-refractivity contribution in [2.45, 2.75) is 32.7 Å². The lowest BCUT2D eigenvalue weighted by atomic mass is 10.0. The minimum absolute atomic E-state index is 0.0799. The monoisotopic (exact) mass is 290 g/mol. The number of carbonyl (C=O) groups is 1. The molecule has 1 unspecified atom stereocenters. The maximum absolute atomic E-state index is 12.3. The Kier molecular flexibility index (Phi) is 6.05. The summed E-state index contributed by atoms with van der Waals surface area (Å²) in [4.78, 5) is 14.3. The molecule has 4 nitrogen and oxygen atoms in total. The molecule has 21 heavy (non-hydrogen) atoms. The molecule has 0 aromatic heterocycles. The van der Waals surface area contributed by atoms with Crippen LogP contribution in [0.1, 0.15) is 26.7 Å². The summed E-state index contributed by atoms with van der Waals surface area (Å²) in [6, 6.07) is 9.90. The number of para-hydroxylation sites is 1. The third-order valence-electron chi connectivity index (χ3n) is 3.69. The number of rotatable bonds is 5. The van der Waals surface area contributed by atoms with Crippen LogP contribution < -0.4 is 10.1 Å². The highest BCUT2D eigenvalue weighted by molar-refractivity contribution is 5.77. The van der Waals surface area contributed by atoms with E-state index in [4.69, 9.17) is 4.74 Å². The van der Waals surface area contributed by atoms with E-state index < -0.39 is 0 Å². The van der Waals surface area contributed by atoms with Gasteiger partial charge in [0, 0.05) is 19.1 Å². The molecule has 0 saturated carbocycles. The molecular weight excluding hydrogens is 264 g/mol. The first-order valence-corrected chi connectivity index (χ1v) is 7.84. The van der Waals surface area contributed by atoms with Crippen LogP contribution in [0.2, 0.25) is 0 Å². The van der Waals surface area contributed by atoms with Crippen LogP contribution in [0.5, 0.6) is 5.75 Å². The van der Waals surface area contributed by atoms with Gasteiger partial charge in [0.15, 0.2) is 6.61 Å². The Balaban J connectivity index is 1.85. The summed E-state index contributed by atoms with van der Waals surface area (Å²) >= 11 is 0. The fourth-order valence-electron chi connectivity index (χ4n) is 2.70. The first-order valence-electron chi connectivity index (χ1n) is 7.84. The Morgan fingerprint density at radius 2 is 2.14 bits per heavy atom. The molecule has 116 valence electrons. The van der Waals surface area contributed by atoms with Gasteiger partial charge in [0.05, 0.1) is 0 Å². The van der Waals surface area contributed by atoms with Gasteiger partial charge < -0.3 is 15.0 Å². The lowest BCUT2D eigenvalue weighted by Crippen LogP contribution is -2.42. The van der Waals surface area contributed by atoms with Gasteiger partial charge in [-0.15, -0.1) is 0 Å². The molecule has 2 rings (SSSR count). The minimum Gasteiger partial charge on any atom is -0.484 e. The SMILES string of the molecule is CC(C)CC1CN(C(=O)COc2ccccc2)CCCN1. The number of hydrogen-bond donors (Lipinski definition) is 1. The summed E-state index contributed by atoms with van der Waals surface area (Å²) in [5.41, 5.74) is 0. The summed E-state index contributed by atoms with van der Waals surface area (Å²) in [5, 5.41) is 3.54. The lowest BCUT2D eigenvalue weighted by molar-refractivity contribution is -0.133. The second-order valence-corrected chi connectivity index (χ2v) is 6.08. The standard InChI is InChI=1S/C17H26N2O2/c1-14(2)11-15-12-19(10-6-9-18-15)17(20)13-21-16-7-4-3-5-8-16/h3-5,7-8,14-15,18H,6,9-13H2,1-2H3. The Hall–Kier alpha value is -1.55. The zero-order chi connectivity index (χ0) is 15.1. The molecule has 1 aliphatic rings. The summed E-state index contributed by atoms with van der Waals surface area (Å²) < 4.78 is 5.57. The van der Waals surface area contributed by atoms with E-state index in [-0.39, 0.29) is 12.5 Å². The van der Waals surface area contributed by atoms with Crippen molar-refractivity contribution < 1.29 is 9.53 Å². The number of nitrogens with one attached hydrogen (secondary N) is 1. The predicted molar refractivity (Wildman–Crippen MR) is 84.4 cm³/mol. The van der Waals surface area contributed by atoms with Crippen LogP contribution in [-0.4, -0.2) is 43.1 Å².